The summed E-state index contributed by atoms with van der Waals surface area (Å²) in [7, 11) is 0. The molecule has 0 fully saturated rings. The van der Waals surface area contributed by atoms with Crippen molar-refractivity contribution >= 4 is 0 Å². The summed E-state index contributed by atoms with van der Waals surface area (Å²) in [5.74, 6) is -2.95. The van der Waals surface area contributed by atoms with Crippen LogP contribution in [-0.4, -0.2) is 16.7 Å². The molecule has 1 aliphatic heterocycles. The molecule has 156 valence electrons. The molecule has 2 aromatic carbocycles. The number of hydrogen-bond donors (Lipinski definition) is 1. The molecule has 1 N–H and O–H groups in total. The van der Waals surface area contributed by atoms with Crippen LogP contribution in [-0.2, 0) is 12.7 Å². The van der Waals surface area contributed by atoms with Crippen LogP contribution >= 0.6 is 0 Å². The lowest BCUT2D eigenvalue weighted by Crippen LogP contribution is -2.13. The Morgan fingerprint density at radius 1 is 0.900 bits per heavy atom. The van der Waals surface area contributed by atoms with Crippen LogP contribution in [0.25, 0.3) is 11.3 Å². The summed E-state index contributed by atoms with van der Waals surface area (Å²) in [4.78, 5) is 0. The second-order valence-electron chi connectivity index (χ2n) is 6.99. The molecule has 2 heterocycles. The van der Waals surface area contributed by atoms with E-state index in [4.69, 9.17) is 0 Å². The van der Waals surface area contributed by atoms with Gasteiger partial charge in [0.15, 0.2) is 17.3 Å². The van der Waals surface area contributed by atoms with Crippen LogP contribution in [0.15, 0.2) is 42.5 Å². The molecule has 1 unspecified atom stereocenters. The van der Waals surface area contributed by atoms with Gasteiger partial charge in [0.1, 0.15) is 5.82 Å². The van der Waals surface area contributed by atoms with E-state index < -0.39 is 29.3 Å². The number of hydrogen-bond acceptors (Lipinski definition) is 3. The summed E-state index contributed by atoms with van der Waals surface area (Å²) in [6.07, 6.45) is -4.10. The summed E-state index contributed by atoms with van der Waals surface area (Å²) < 4.78 is 80.5. The number of alkyl halides is 3. The quantitative estimate of drug-likeness (QED) is 0.576. The van der Waals surface area contributed by atoms with Crippen molar-refractivity contribution in [3.05, 3.63) is 82.3 Å². The Morgan fingerprint density at radius 3 is 2.37 bits per heavy atom. The third-order valence-corrected chi connectivity index (χ3v) is 5.14. The van der Waals surface area contributed by atoms with E-state index in [0.29, 0.717) is 29.7 Å². The Labute approximate surface area is 167 Å². The van der Waals surface area contributed by atoms with E-state index in [9.17, 15) is 22.0 Å². The molecular formula is C21H15F6N3. The lowest BCUT2D eigenvalue weighted by atomic mass is 9.85. The third kappa shape index (κ3) is 3.77. The van der Waals surface area contributed by atoms with E-state index in [1.165, 1.54) is 12.1 Å². The molecule has 0 bridgehead atoms. The van der Waals surface area contributed by atoms with Gasteiger partial charge in [-0.05, 0) is 54.4 Å². The van der Waals surface area contributed by atoms with Gasteiger partial charge in [0, 0.05) is 23.6 Å². The molecule has 3 nitrogen and oxygen atoms in total. The van der Waals surface area contributed by atoms with Gasteiger partial charge in [-0.3, -0.25) is 0 Å². The molecule has 1 aromatic heterocycles. The van der Waals surface area contributed by atoms with Gasteiger partial charge in [-0.2, -0.15) is 13.2 Å². The number of rotatable bonds is 2. The summed E-state index contributed by atoms with van der Waals surface area (Å²) >= 11 is 0. The van der Waals surface area contributed by atoms with Gasteiger partial charge in [-0.1, -0.05) is 12.1 Å². The first-order valence-electron chi connectivity index (χ1n) is 9.14. The standard InChI is InChI=1S/C21H15F6N3/c22-16-4-1-11(9-17(16)23)12-7-8-28-10-15-13(12)2-3-14(20(15)24)18-5-6-19(30-29-18)21(25,26)27/h1-6,9,12,28H,7-8,10H2. The van der Waals surface area contributed by atoms with Gasteiger partial charge in [0.05, 0.1) is 5.69 Å². The fraction of sp³-hybridized carbons (Fsp3) is 0.238. The maximum atomic E-state index is 15.3. The number of halogens is 6. The van der Waals surface area contributed by atoms with Crippen molar-refractivity contribution < 1.29 is 26.3 Å². The predicted octanol–water partition coefficient (Wildman–Crippen LogP) is 5.20. The SMILES string of the molecule is Fc1ccc(C2CCNCc3c2ccc(-c2ccc(C(F)(F)F)nn2)c3F)cc1F. The zero-order valence-corrected chi connectivity index (χ0v) is 15.4. The lowest BCUT2D eigenvalue weighted by Gasteiger charge is -2.19. The summed E-state index contributed by atoms with van der Waals surface area (Å²) in [5.41, 5.74) is 0.245. The Morgan fingerprint density at radius 2 is 1.70 bits per heavy atom. The minimum atomic E-state index is -4.64. The molecule has 4 rings (SSSR count). The normalized spacial score (nSPS) is 16.8. The van der Waals surface area contributed by atoms with Crippen molar-refractivity contribution in [2.45, 2.75) is 25.1 Å². The molecular weight excluding hydrogens is 408 g/mol. The largest absolute Gasteiger partial charge is 0.435 e. The first-order chi connectivity index (χ1) is 14.3. The van der Waals surface area contributed by atoms with Crippen LogP contribution in [0.3, 0.4) is 0 Å². The van der Waals surface area contributed by atoms with Gasteiger partial charge in [-0.15, -0.1) is 10.2 Å². The molecule has 1 aliphatic rings. The second-order valence-corrected chi connectivity index (χ2v) is 6.99. The number of nitrogens with zero attached hydrogens (tertiary/aromatic N) is 2. The van der Waals surface area contributed by atoms with Crippen molar-refractivity contribution in [3.63, 3.8) is 0 Å². The summed E-state index contributed by atoms with van der Waals surface area (Å²) in [5, 5.41) is 9.75. The van der Waals surface area contributed by atoms with Crippen LogP contribution in [0.4, 0.5) is 26.3 Å². The van der Waals surface area contributed by atoms with E-state index >= 15 is 4.39 Å². The number of fused-ring (bicyclic) bond motifs is 1. The van der Waals surface area contributed by atoms with Gasteiger partial charge in [0.2, 0.25) is 0 Å². The molecule has 1 atom stereocenters. The van der Waals surface area contributed by atoms with Crippen LogP contribution in [0.2, 0.25) is 0 Å². The smallest absolute Gasteiger partial charge is 0.313 e. The fourth-order valence-electron chi connectivity index (χ4n) is 3.66. The van der Waals surface area contributed by atoms with Gasteiger partial charge < -0.3 is 5.32 Å². The van der Waals surface area contributed by atoms with Crippen molar-refractivity contribution in [2.24, 2.45) is 0 Å². The minimum Gasteiger partial charge on any atom is -0.313 e. The van der Waals surface area contributed by atoms with Gasteiger partial charge in [0.25, 0.3) is 0 Å². The third-order valence-electron chi connectivity index (χ3n) is 5.14. The van der Waals surface area contributed by atoms with E-state index in [1.807, 2.05) is 0 Å². The predicted molar refractivity (Wildman–Crippen MR) is 97.0 cm³/mol. The highest BCUT2D eigenvalue weighted by atomic mass is 19.4. The molecule has 0 saturated carbocycles. The van der Waals surface area contributed by atoms with Crippen LogP contribution < -0.4 is 5.32 Å². The van der Waals surface area contributed by atoms with Crippen LogP contribution in [0.1, 0.15) is 34.7 Å². The maximum absolute atomic E-state index is 15.3. The molecule has 0 radical (unpaired) electrons. The van der Waals surface area contributed by atoms with Gasteiger partial charge in [-0.25, -0.2) is 13.2 Å². The summed E-state index contributed by atoms with van der Waals surface area (Å²) in [6.45, 7) is 0.705. The Kier molecular flexibility index (Phi) is 5.23. The molecule has 0 saturated heterocycles. The Hall–Kier alpha value is -2.94. The van der Waals surface area contributed by atoms with E-state index in [-0.39, 0.29) is 23.7 Å². The zero-order chi connectivity index (χ0) is 21.5. The first-order valence-corrected chi connectivity index (χ1v) is 9.14. The van der Waals surface area contributed by atoms with Crippen LogP contribution in [0, 0.1) is 17.5 Å². The van der Waals surface area contributed by atoms with E-state index in [1.54, 1.807) is 6.07 Å². The monoisotopic (exact) mass is 423 g/mol. The highest BCUT2D eigenvalue weighted by Gasteiger charge is 2.33. The second kappa shape index (κ2) is 7.71. The Bertz CT molecular complexity index is 1080. The van der Waals surface area contributed by atoms with E-state index in [2.05, 4.69) is 15.5 Å². The molecule has 9 heteroatoms. The zero-order valence-electron chi connectivity index (χ0n) is 15.4. The number of aromatic nitrogens is 2. The average Bonchev–Trinajstić information content (AvgIpc) is 2.93. The molecule has 0 amide bonds. The highest BCUT2D eigenvalue weighted by molar-refractivity contribution is 5.62. The number of nitrogens with one attached hydrogen (secondary N) is 1. The molecule has 0 spiro atoms. The first kappa shape index (κ1) is 20.3. The number of benzene rings is 2. The van der Waals surface area contributed by atoms with Crippen molar-refractivity contribution in [1.29, 1.82) is 0 Å². The fourth-order valence-corrected chi connectivity index (χ4v) is 3.66. The average molecular weight is 423 g/mol. The summed E-state index contributed by atoms with van der Waals surface area (Å²) in [6, 6.07) is 8.47. The molecule has 0 aliphatic carbocycles. The van der Waals surface area contributed by atoms with Crippen LogP contribution in [0.5, 0.6) is 0 Å². The topological polar surface area (TPSA) is 37.8 Å². The highest BCUT2D eigenvalue weighted by Crippen LogP contribution is 2.37. The lowest BCUT2D eigenvalue weighted by molar-refractivity contribution is -0.141. The Balaban J connectivity index is 1.76. The van der Waals surface area contributed by atoms with E-state index in [0.717, 1.165) is 24.3 Å². The van der Waals surface area contributed by atoms with Crippen molar-refractivity contribution in [1.82, 2.24) is 15.5 Å². The van der Waals surface area contributed by atoms with Gasteiger partial charge >= 0.3 is 6.18 Å². The van der Waals surface area contributed by atoms with Crippen molar-refractivity contribution in [3.8, 4) is 11.3 Å². The van der Waals surface area contributed by atoms with Crippen molar-refractivity contribution in [2.75, 3.05) is 6.54 Å². The molecule has 30 heavy (non-hydrogen) atoms. The maximum Gasteiger partial charge on any atom is 0.435 e. The minimum absolute atomic E-state index is 0.0164. The molecule has 3 aromatic rings.